The minimum Gasteiger partial charge on any atom is -0.326 e. The summed E-state index contributed by atoms with van der Waals surface area (Å²) in [7, 11) is -4.03. The molecule has 3 aromatic carbocycles. The number of carbonyl (C=O) groups is 2. The number of halogens is 1. The van der Waals surface area contributed by atoms with Crippen molar-refractivity contribution < 1.29 is 18.0 Å². The normalized spacial score (nSPS) is 11.5. The smallest absolute Gasteiger partial charge is 0.255 e. The maximum atomic E-state index is 13.3. The van der Waals surface area contributed by atoms with Gasteiger partial charge in [-0.2, -0.15) is 9.41 Å². The lowest BCUT2D eigenvalue weighted by atomic mass is 10.2. The molecule has 3 rings (SSSR count). The Bertz CT molecular complexity index is 1280. The first-order chi connectivity index (χ1) is 16.2. The Morgan fingerprint density at radius 3 is 2.35 bits per heavy atom. The Labute approximate surface area is 203 Å². The maximum Gasteiger partial charge on any atom is 0.255 e. The topological polar surface area (TPSA) is 108 Å². The number of hydrazone groups is 1. The molecule has 0 saturated heterocycles. The zero-order valence-electron chi connectivity index (χ0n) is 18.3. The molecule has 0 atom stereocenters. The molecular formula is C24H23ClN4O4S. The fourth-order valence-corrected chi connectivity index (χ4v) is 4.62. The van der Waals surface area contributed by atoms with E-state index in [4.69, 9.17) is 11.6 Å². The van der Waals surface area contributed by atoms with E-state index in [1.54, 1.807) is 48.5 Å². The number of amides is 2. The maximum absolute atomic E-state index is 13.3. The predicted octanol–water partition coefficient (Wildman–Crippen LogP) is 3.64. The first kappa shape index (κ1) is 25.1. The van der Waals surface area contributed by atoms with Crippen LogP contribution in [-0.4, -0.2) is 37.3 Å². The summed E-state index contributed by atoms with van der Waals surface area (Å²) >= 11 is 5.93. The van der Waals surface area contributed by atoms with E-state index >= 15 is 0 Å². The Kier molecular flexibility index (Phi) is 8.53. The molecule has 0 aliphatic carbocycles. The van der Waals surface area contributed by atoms with Gasteiger partial charge < -0.3 is 5.32 Å². The number of benzene rings is 3. The van der Waals surface area contributed by atoms with Crippen molar-refractivity contribution in [3.8, 4) is 0 Å². The van der Waals surface area contributed by atoms with Gasteiger partial charge in [0.2, 0.25) is 15.9 Å². The van der Waals surface area contributed by atoms with E-state index < -0.39 is 22.5 Å². The molecule has 34 heavy (non-hydrogen) atoms. The van der Waals surface area contributed by atoms with Crippen LogP contribution in [0.25, 0.3) is 0 Å². The van der Waals surface area contributed by atoms with Crippen molar-refractivity contribution in [1.82, 2.24) is 9.73 Å². The third-order valence-corrected chi connectivity index (χ3v) is 6.63. The van der Waals surface area contributed by atoms with Crippen LogP contribution in [0.1, 0.15) is 18.1 Å². The summed E-state index contributed by atoms with van der Waals surface area (Å²) in [5.74, 6) is -0.871. The molecule has 2 amide bonds. The molecule has 2 N–H and O–H groups in total. The molecule has 10 heteroatoms. The average Bonchev–Trinajstić information content (AvgIpc) is 2.79. The number of hydrogen-bond acceptors (Lipinski definition) is 5. The zero-order chi connectivity index (χ0) is 24.6. The van der Waals surface area contributed by atoms with Crippen molar-refractivity contribution in [3.05, 3.63) is 95.0 Å². The van der Waals surface area contributed by atoms with E-state index in [1.165, 1.54) is 37.4 Å². The van der Waals surface area contributed by atoms with E-state index in [0.717, 1.165) is 9.87 Å². The lowest BCUT2D eigenvalue weighted by Crippen LogP contribution is -2.39. The number of anilines is 1. The standard InChI is InChI=1S/C24H23ClN4O4S/c1-18(30)27-22-10-12-23(13-11-22)34(32,33)29(16-19-6-3-2-4-7-19)17-24(31)28-26-15-20-8-5-9-21(25)14-20/h2-15H,16-17H2,1H3,(H,27,30)(H,28,31)/b26-15-. The first-order valence-corrected chi connectivity index (χ1v) is 12.0. The monoisotopic (exact) mass is 498 g/mol. The molecule has 0 fully saturated rings. The van der Waals surface area contributed by atoms with Crippen molar-refractivity contribution in [2.75, 3.05) is 11.9 Å². The summed E-state index contributed by atoms with van der Waals surface area (Å²) in [6.45, 7) is 0.902. The molecule has 0 bridgehead atoms. The van der Waals surface area contributed by atoms with Crippen LogP contribution in [0.4, 0.5) is 5.69 Å². The van der Waals surface area contributed by atoms with Crippen LogP contribution in [0.15, 0.2) is 88.9 Å². The Hall–Kier alpha value is -3.53. The van der Waals surface area contributed by atoms with E-state index in [9.17, 15) is 18.0 Å². The molecule has 0 aromatic heterocycles. The number of rotatable bonds is 9. The summed E-state index contributed by atoms with van der Waals surface area (Å²) < 4.78 is 27.8. The molecule has 8 nitrogen and oxygen atoms in total. The highest BCUT2D eigenvalue weighted by molar-refractivity contribution is 7.89. The van der Waals surface area contributed by atoms with Gasteiger partial charge >= 0.3 is 0 Å². The van der Waals surface area contributed by atoms with Crippen molar-refractivity contribution in [2.24, 2.45) is 5.10 Å². The fraction of sp³-hybridized carbons (Fsp3) is 0.125. The van der Waals surface area contributed by atoms with E-state index in [2.05, 4.69) is 15.8 Å². The van der Waals surface area contributed by atoms with Gasteiger partial charge in [0.05, 0.1) is 17.7 Å². The highest BCUT2D eigenvalue weighted by atomic mass is 35.5. The minimum atomic E-state index is -4.03. The van der Waals surface area contributed by atoms with Crippen LogP contribution in [0.2, 0.25) is 5.02 Å². The van der Waals surface area contributed by atoms with Crippen molar-refractivity contribution >= 4 is 45.3 Å². The zero-order valence-corrected chi connectivity index (χ0v) is 19.9. The van der Waals surface area contributed by atoms with Crippen molar-refractivity contribution in [2.45, 2.75) is 18.4 Å². The van der Waals surface area contributed by atoms with Crippen LogP contribution < -0.4 is 10.7 Å². The Morgan fingerprint density at radius 1 is 1.00 bits per heavy atom. The van der Waals surface area contributed by atoms with Crippen LogP contribution in [0, 0.1) is 0 Å². The third kappa shape index (κ3) is 7.24. The molecule has 0 aliphatic heterocycles. The Morgan fingerprint density at radius 2 is 1.71 bits per heavy atom. The largest absolute Gasteiger partial charge is 0.326 e. The quantitative estimate of drug-likeness (QED) is 0.347. The molecule has 0 heterocycles. The van der Waals surface area contributed by atoms with Gasteiger partial charge in [-0.15, -0.1) is 0 Å². The summed E-state index contributed by atoms with van der Waals surface area (Å²) in [6, 6.07) is 21.6. The van der Waals surface area contributed by atoms with Gasteiger partial charge in [-0.25, -0.2) is 13.8 Å². The number of hydrogen-bond donors (Lipinski definition) is 2. The van der Waals surface area contributed by atoms with Gasteiger partial charge in [0, 0.05) is 24.2 Å². The third-order valence-electron chi connectivity index (χ3n) is 4.59. The highest BCUT2D eigenvalue weighted by Crippen LogP contribution is 2.20. The number of nitrogens with zero attached hydrogens (tertiary/aromatic N) is 2. The predicted molar refractivity (Wildman–Crippen MR) is 132 cm³/mol. The van der Waals surface area contributed by atoms with Gasteiger partial charge in [-0.3, -0.25) is 9.59 Å². The van der Waals surface area contributed by atoms with Crippen molar-refractivity contribution in [1.29, 1.82) is 0 Å². The summed E-state index contributed by atoms with van der Waals surface area (Å²) in [4.78, 5) is 23.8. The molecule has 0 radical (unpaired) electrons. The highest BCUT2D eigenvalue weighted by Gasteiger charge is 2.27. The van der Waals surface area contributed by atoms with E-state index in [-0.39, 0.29) is 17.3 Å². The second kappa shape index (κ2) is 11.6. The number of nitrogens with one attached hydrogen (secondary N) is 2. The molecule has 176 valence electrons. The van der Waals surface area contributed by atoms with Gasteiger partial charge in [-0.1, -0.05) is 54.1 Å². The van der Waals surface area contributed by atoms with Gasteiger partial charge in [0.15, 0.2) is 0 Å². The Balaban J connectivity index is 1.78. The van der Waals surface area contributed by atoms with Gasteiger partial charge in [0.25, 0.3) is 5.91 Å². The lowest BCUT2D eigenvalue weighted by molar-refractivity contribution is -0.121. The molecule has 0 unspecified atom stereocenters. The molecule has 0 aliphatic rings. The van der Waals surface area contributed by atoms with E-state index in [1.807, 2.05) is 6.07 Å². The van der Waals surface area contributed by atoms with Gasteiger partial charge in [-0.05, 0) is 47.5 Å². The van der Waals surface area contributed by atoms with Crippen molar-refractivity contribution in [3.63, 3.8) is 0 Å². The second-order valence-electron chi connectivity index (χ2n) is 7.31. The minimum absolute atomic E-state index is 0.00670. The lowest BCUT2D eigenvalue weighted by Gasteiger charge is -2.21. The summed E-state index contributed by atoms with van der Waals surface area (Å²) in [5, 5.41) is 7.01. The second-order valence-corrected chi connectivity index (χ2v) is 9.69. The average molecular weight is 499 g/mol. The fourth-order valence-electron chi connectivity index (χ4n) is 3.04. The summed E-state index contributed by atoms with van der Waals surface area (Å²) in [5.41, 5.74) is 4.22. The van der Waals surface area contributed by atoms with Crippen LogP contribution in [0.3, 0.4) is 0 Å². The number of carbonyl (C=O) groups excluding carboxylic acids is 2. The first-order valence-electron chi connectivity index (χ1n) is 10.2. The molecule has 0 saturated carbocycles. The molecule has 3 aromatic rings. The SMILES string of the molecule is CC(=O)Nc1ccc(S(=O)(=O)N(CC(=O)N/N=C\c2cccc(Cl)c2)Cc2ccccc2)cc1. The van der Waals surface area contributed by atoms with E-state index in [0.29, 0.717) is 16.3 Å². The molecule has 0 spiro atoms. The van der Waals surface area contributed by atoms with Crippen LogP contribution in [-0.2, 0) is 26.2 Å². The van der Waals surface area contributed by atoms with Crippen LogP contribution in [0.5, 0.6) is 0 Å². The van der Waals surface area contributed by atoms with Crippen LogP contribution >= 0.6 is 11.6 Å². The summed E-state index contributed by atoms with van der Waals surface area (Å²) in [6.07, 6.45) is 1.42. The van der Waals surface area contributed by atoms with Gasteiger partial charge in [0.1, 0.15) is 0 Å². The molecular weight excluding hydrogens is 476 g/mol. The number of sulfonamides is 1.